The third-order valence-electron chi connectivity index (χ3n) is 5.59. The maximum absolute atomic E-state index is 12.1. The van der Waals surface area contributed by atoms with E-state index in [1.54, 1.807) is 4.90 Å². The van der Waals surface area contributed by atoms with Crippen molar-refractivity contribution in [3.63, 3.8) is 0 Å². The molecule has 21 heavy (non-hydrogen) atoms. The Hall–Kier alpha value is -0.433. The number of hydrogen-bond donors (Lipinski definition) is 2. The monoisotopic (exact) mass is 315 g/mol. The Kier molecular flexibility index (Phi) is 4.30. The summed E-state index contributed by atoms with van der Waals surface area (Å²) in [7, 11) is -1.90. The van der Waals surface area contributed by atoms with Crippen LogP contribution in [0.15, 0.2) is 0 Å². The Morgan fingerprint density at radius 1 is 1.33 bits per heavy atom. The fourth-order valence-electron chi connectivity index (χ4n) is 2.96. The largest absolute Gasteiger partial charge is 0.414 e. The molecule has 2 N–H and O–H groups in total. The van der Waals surface area contributed by atoms with Gasteiger partial charge in [0.2, 0.25) is 5.91 Å². The number of β-amino-alcohol motifs (C(OH)–C–C–N with tert-alkyl or cyclic N) is 1. The summed E-state index contributed by atoms with van der Waals surface area (Å²) in [6.45, 7) is 11.6. The van der Waals surface area contributed by atoms with Crippen molar-refractivity contribution in [1.82, 2.24) is 4.90 Å². The molecule has 122 valence electrons. The Morgan fingerprint density at radius 2 is 1.95 bits per heavy atom. The first-order chi connectivity index (χ1) is 9.48. The van der Waals surface area contributed by atoms with E-state index in [9.17, 15) is 15.0 Å². The number of aliphatic hydroxyl groups is 2. The van der Waals surface area contributed by atoms with E-state index in [2.05, 4.69) is 33.9 Å². The lowest BCUT2D eigenvalue weighted by Gasteiger charge is -2.48. The molecule has 2 saturated heterocycles. The van der Waals surface area contributed by atoms with Gasteiger partial charge in [-0.25, -0.2) is 0 Å². The van der Waals surface area contributed by atoms with Gasteiger partial charge in [0, 0.05) is 19.4 Å². The number of carbonyl (C=O) groups is 1. The number of piperidine rings is 1. The molecule has 2 rings (SSSR count). The van der Waals surface area contributed by atoms with Crippen molar-refractivity contribution in [2.75, 3.05) is 13.2 Å². The van der Waals surface area contributed by atoms with Crippen LogP contribution >= 0.6 is 0 Å². The molecule has 2 aliphatic heterocycles. The highest BCUT2D eigenvalue weighted by Gasteiger charge is 2.52. The molecule has 5 nitrogen and oxygen atoms in total. The van der Waals surface area contributed by atoms with Crippen molar-refractivity contribution < 1.29 is 19.4 Å². The van der Waals surface area contributed by atoms with Crippen LogP contribution in [-0.4, -0.2) is 60.2 Å². The van der Waals surface area contributed by atoms with Crippen LogP contribution in [0.4, 0.5) is 0 Å². The fourth-order valence-corrected chi connectivity index (χ4v) is 4.02. The Bertz CT molecular complexity index is 420. The van der Waals surface area contributed by atoms with Gasteiger partial charge in [-0.3, -0.25) is 4.79 Å². The number of rotatable bonds is 3. The van der Waals surface area contributed by atoms with Gasteiger partial charge < -0.3 is 19.5 Å². The molecule has 0 spiro atoms. The maximum Gasteiger partial charge on any atom is 0.223 e. The molecule has 0 aromatic carbocycles. The quantitative estimate of drug-likeness (QED) is 0.774. The van der Waals surface area contributed by atoms with Gasteiger partial charge in [0.15, 0.2) is 8.32 Å². The highest BCUT2D eigenvalue weighted by molar-refractivity contribution is 6.74. The lowest BCUT2D eigenvalue weighted by molar-refractivity contribution is -0.145. The number of nitrogens with zero attached hydrogens (tertiary/aromatic N) is 1. The number of aliphatic hydroxyl groups excluding tert-OH is 2. The molecule has 3 atom stereocenters. The van der Waals surface area contributed by atoms with Gasteiger partial charge in [-0.05, 0) is 24.6 Å². The minimum atomic E-state index is -1.90. The molecule has 2 heterocycles. The molecular formula is C15H29NO4Si. The minimum absolute atomic E-state index is 0.0692. The summed E-state index contributed by atoms with van der Waals surface area (Å²) in [6, 6.07) is 0. The number of amides is 1. The van der Waals surface area contributed by atoms with Crippen LogP contribution in [-0.2, 0) is 9.22 Å². The molecule has 0 aromatic heterocycles. The second-order valence-corrected chi connectivity index (χ2v) is 12.9. The third-order valence-corrected chi connectivity index (χ3v) is 10.1. The van der Waals surface area contributed by atoms with Gasteiger partial charge in [0.05, 0.1) is 24.4 Å². The van der Waals surface area contributed by atoms with Crippen LogP contribution in [0, 0.1) is 0 Å². The first-order valence-electron chi connectivity index (χ1n) is 7.79. The standard InChI is InChI=1S/C15H29NO4Si/c1-14(2,3)21(4,5)20-10-15-7-6-13(19)16(15)9-12(18)11(17)8-15/h11-12,17-18H,6-10H2,1-5H3/t11-,12+,15-/m1/s1. The summed E-state index contributed by atoms with van der Waals surface area (Å²) < 4.78 is 6.32. The molecule has 0 saturated carbocycles. The molecule has 6 heteroatoms. The molecule has 0 unspecified atom stereocenters. The van der Waals surface area contributed by atoms with E-state index < -0.39 is 26.1 Å². The second kappa shape index (κ2) is 5.33. The van der Waals surface area contributed by atoms with E-state index in [0.717, 1.165) is 0 Å². The summed E-state index contributed by atoms with van der Waals surface area (Å²) in [4.78, 5) is 13.8. The molecule has 0 aromatic rings. The lowest BCUT2D eigenvalue weighted by atomic mass is 9.84. The van der Waals surface area contributed by atoms with E-state index in [0.29, 0.717) is 25.9 Å². The lowest BCUT2D eigenvalue weighted by Crippen LogP contribution is -2.61. The summed E-state index contributed by atoms with van der Waals surface area (Å²) in [5, 5.41) is 20.0. The molecule has 0 aliphatic carbocycles. The average Bonchev–Trinajstić information content (AvgIpc) is 2.65. The summed E-state index contributed by atoms with van der Waals surface area (Å²) in [5.41, 5.74) is -0.425. The summed E-state index contributed by atoms with van der Waals surface area (Å²) in [5.74, 6) is 0.0692. The summed E-state index contributed by atoms with van der Waals surface area (Å²) in [6.07, 6.45) is 0.00205. The van der Waals surface area contributed by atoms with Crippen molar-refractivity contribution in [1.29, 1.82) is 0 Å². The zero-order valence-electron chi connectivity index (χ0n) is 13.8. The Balaban J connectivity index is 2.14. The van der Waals surface area contributed by atoms with Crippen LogP contribution in [0.3, 0.4) is 0 Å². The zero-order chi connectivity index (χ0) is 16.1. The third kappa shape index (κ3) is 3.04. The Morgan fingerprint density at radius 3 is 2.52 bits per heavy atom. The van der Waals surface area contributed by atoms with Crippen molar-refractivity contribution in [3.05, 3.63) is 0 Å². The molecule has 2 aliphatic rings. The van der Waals surface area contributed by atoms with Gasteiger partial charge in [-0.2, -0.15) is 0 Å². The van der Waals surface area contributed by atoms with Crippen LogP contribution in [0.1, 0.15) is 40.0 Å². The SMILES string of the molecule is CC(C)(C)[Si](C)(C)OC[C@]12CCC(=O)N1C[C@H](O)[C@H](O)C2. The van der Waals surface area contributed by atoms with E-state index >= 15 is 0 Å². The second-order valence-electron chi connectivity index (χ2n) is 8.12. The van der Waals surface area contributed by atoms with Crippen molar-refractivity contribution in [2.45, 2.75) is 75.9 Å². The highest BCUT2D eigenvalue weighted by atomic mass is 28.4. The predicted molar refractivity (Wildman–Crippen MR) is 83.5 cm³/mol. The normalized spacial score (nSPS) is 34.2. The summed E-state index contributed by atoms with van der Waals surface area (Å²) >= 11 is 0. The molecule has 0 bridgehead atoms. The predicted octanol–water partition coefficient (Wildman–Crippen LogP) is 1.49. The van der Waals surface area contributed by atoms with Gasteiger partial charge in [-0.15, -0.1) is 0 Å². The molecule has 2 fully saturated rings. The van der Waals surface area contributed by atoms with Crippen molar-refractivity contribution in [2.24, 2.45) is 0 Å². The smallest absolute Gasteiger partial charge is 0.223 e. The van der Waals surface area contributed by atoms with Crippen LogP contribution in [0.5, 0.6) is 0 Å². The first kappa shape index (κ1) is 16.9. The van der Waals surface area contributed by atoms with Gasteiger partial charge in [-0.1, -0.05) is 20.8 Å². The van der Waals surface area contributed by atoms with Crippen molar-refractivity contribution in [3.8, 4) is 0 Å². The van der Waals surface area contributed by atoms with Crippen LogP contribution in [0.2, 0.25) is 18.1 Å². The first-order valence-corrected chi connectivity index (χ1v) is 10.7. The highest BCUT2D eigenvalue weighted by Crippen LogP contribution is 2.42. The molecule has 1 amide bonds. The molecule has 0 radical (unpaired) electrons. The van der Waals surface area contributed by atoms with E-state index in [1.165, 1.54) is 0 Å². The van der Waals surface area contributed by atoms with Crippen LogP contribution in [0.25, 0.3) is 0 Å². The van der Waals surface area contributed by atoms with E-state index in [4.69, 9.17) is 4.43 Å². The van der Waals surface area contributed by atoms with E-state index in [-0.39, 0.29) is 17.5 Å². The fraction of sp³-hybridized carbons (Fsp3) is 0.933. The topological polar surface area (TPSA) is 70.0 Å². The van der Waals surface area contributed by atoms with E-state index in [1.807, 2.05) is 0 Å². The number of carbonyl (C=O) groups excluding carboxylic acids is 1. The molecular weight excluding hydrogens is 286 g/mol. The van der Waals surface area contributed by atoms with Gasteiger partial charge in [0.1, 0.15) is 0 Å². The van der Waals surface area contributed by atoms with Crippen molar-refractivity contribution >= 4 is 14.2 Å². The zero-order valence-corrected chi connectivity index (χ0v) is 14.8. The average molecular weight is 315 g/mol. The minimum Gasteiger partial charge on any atom is -0.414 e. The van der Waals surface area contributed by atoms with Gasteiger partial charge in [0.25, 0.3) is 0 Å². The number of fused-ring (bicyclic) bond motifs is 1. The Labute approximate surface area is 128 Å². The number of hydrogen-bond acceptors (Lipinski definition) is 4. The van der Waals surface area contributed by atoms with Gasteiger partial charge >= 0.3 is 0 Å². The maximum atomic E-state index is 12.1. The van der Waals surface area contributed by atoms with Crippen LogP contribution < -0.4 is 0 Å².